The molecule has 2 aliphatic rings. The van der Waals surface area contributed by atoms with Crippen LogP contribution in [0.25, 0.3) is 0 Å². The van der Waals surface area contributed by atoms with Crippen molar-refractivity contribution in [3.05, 3.63) is 65.7 Å². The van der Waals surface area contributed by atoms with Crippen LogP contribution >= 0.6 is 0 Å². The van der Waals surface area contributed by atoms with Crippen LogP contribution in [0.4, 0.5) is 0 Å². The number of nitrogens with zero attached hydrogens (tertiary/aromatic N) is 4. The Kier molecular flexibility index (Phi) is 7.66. The molecule has 1 amide bonds. The van der Waals surface area contributed by atoms with Crippen molar-refractivity contribution in [1.82, 2.24) is 25.0 Å². The first kappa shape index (κ1) is 24.1. The Hall–Kier alpha value is -3.59. The second kappa shape index (κ2) is 11.4. The number of ether oxygens (including phenoxy) is 3. The van der Waals surface area contributed by atoms with Crippen molar-refractivity contribution in [1.29, 1.82) is 0 Å². The van der Waals surface area contributed by atoms with Crippen LogP contribution in [-0.2, 0) is 30.6 Å². The number of carbonyl (C=O) groups excluding carboxylic acids is 1. The van der Waals surface area contributed by atoms with E-state index in [9.17, 15) is 4.79 Å². The van der Waals surface area contributed by atoms with E-state index in [2.05, 4.69) is 44.0 Å². The molecule has 9 heteroatoms. The van der Waals surface area contributed by atoms with E-state index in [1.807, 2.05) is 36.4 Å². The van der Waals surface area contributed by atoms with Crippen LogP contribution in [0, 0.1) is 5.92 Å². The van der Waals surface area contributed by atoms with Crippen LogP contribution in [0.1, 0.15) is 24.1 Å². The molecular formula is C27H33N5O4. The Balaban J connectivity index is 1.06. The van der Waals surface area contributed by atoms with Gasteiger partial charge < -0.3 is 29.0 Å². The zero-order chi connectivity index (χ0) is 24.7. The van der Waals surface area contributed by atoms with E-state index in [0.29, 0.717) is 31.4 Å². The smallest absolute Gasteiger partial charge is 0.257 e. The molecule has 0 spiro atoms. The Bertz CT molecular complexity index is 1170. The number of para-hydroxylation sites is 1. The lowest BCUT2D eigenvalue weighted by Crippen LogP contribution is -2.32. The molecule has 190 valence electrons. The highest BCUT2D eigenvalue weighted by atomic mass is 16.7. The summed E-state index contributed by atoms with van der Waals surface area (Å²) in [4.78, 5) is 14.6. The second-order valence-electron chi connectivity index (χ2n) is 9.43. The number of nitrogens with one attached hydrogen (secondary N) is 1. The van der Waals surface area contributed by atoms with Gasteiger partial charge in [-0.15, -0.1) is 10.2 Å². The van der Waals surface area contributed by atoms with Gasteiger partial charge in [-0.3, -0.25) is 4.79 Å². The average Bonchev–Trinajstić information content (AvgIpc) is 3.46. The molecule has 0 fully saturated rings. The summed E-state index contributed by atoms with van der Waals surface area (Å²) >= 11 is 0. The number of rotatable bonds is 10. The minimum atomic E-state index is -0.142. The Morgan fingerprint density at radius 1 is 1.08 bits per heavy atom. The van der Waals surface area contributed by atoms with Crippen LogP contribution in [0.3, 0.4) is 0 Å². The zero-order valence-electron chi connectivity index (χ0n) is 20.7. The molecule has 2 aromatic carbocycles. The maximum Gasteiger partial charge on any atom is 0.257 e. The van der Waals surface area contributed by atoms with E-state index in [0.717, 1.165) is 62.2 Å². The van der Waals surface area contributed by atoms with Crippen molar-refractivity contribution < 1.29 is 19.0 Å². The number of hydrogen-bond acceptors (Lipinski definition) is 7. The highest BCUT2D eigenvalue weighted by Gasteiger charge is 2.21. The largest absolute Gasteiger partial charge is 0.484 e. The summed E-state index contributed by atoms with van der Waals surface area (Å²) in [5.74, 6) is 4.68. The van der Waals surface area contributed by atoms with Gasteiger partial charge in [0.15, 0.2) is 18.1 Å². The molecule has 0 aliphatic carbocycles. The van der Waals surface area contributed by atoms with Gasteiger partial charge in [0.1, 0.15) is 17.4 Å². The summed E-state index contributed by atoms with van der Waals surface area (Å²) in [6.45, 7) is 6.93. The van der Waals surface area contributed by atoms with E-state index in [4.69, 9.17) is 14.2 Å². The third-order valence-corrected chi connectivity index (χ3v) is 6.57. The Labute approximate surface area is 211 Å². The number of carbonyl (C=O) groups is 1. The molecule has 1 unspecified atom stereocenters. The van der Waals surface area contributed by atoms with Crippen LogP contribution in [0.2, 0.25) is 0 Å². The molecule has 3 heterocycles. The van der Waals surface area contributed by atoms with E-state index in [1.54, 1.807) is 0 Å². The SMILES string of the molecule is CC(Cc1ccc2c(c1)OCO2)CN1CCc2nnc(CCNC(=O)COc3ccccc3)n2CC1. The molecule has 0 saturated heterocycles. The maximum atomic E-state index is 12.1. The predicted molar refractivity (Wildman–Crippen MR) is 134 cm³/mol. The number of amides is 1. The molecule has 9 nitrogen and oxygen atoms in total. The standard InChI is InChI=1S/C27H33N5O4/c1-20(15-21-7-8-23-24(16-21)36-19-35-23)17-31-12-10-26-30-29-25(32(26)14-13-31)9-11-28-27(33)18-34-22-5-3-2-4-6-22/h2-8,16,20H,9-15,17-19H2,1H3,(H,28,33). The second-order valence-corrected chi connectivity index (χ2v) is 9.43. The average molecular weight is 492 g/mol. The molecule has 1 atom stereocenters. The van der Waals surface area contributed by atoms with Crippen LogP contribution < -0.4 is 19.5 Å². The van der Waals surface area contributed by atoms with E-state index in [-0.39, 0.29) is 12.5 Å². The third-order valence-electron chi connectivity index (χ3n) is 6.57. The molecule has 0 radical (unpaired) electrons. The van der Waals surface area contributed by atoms with E-state index in [1.165, 1.54) is 5.56 Å². The summed E-state index contributed by atoms with van der Waals surface area (Å²) in [6.07, 6.45) is 2.52. The van der Waals surface area contributed by atoms with Gasteiger partial charge in [-0.1, -0.05) is 31.2 Å². The third kappa shape index (κ3) is 6.15. The van der Waals surface area contributed by atoms with Gasteiger partial charge in [-0.25, -0.2) is 0 Å². The lowest BCUT2D eigenvalue weighted by atomic mass is 10.00. The Morgan fingerprint density at radius 3 is 2.83 bits per heavy atom. The quantitative estimate of drug-likeness (QED) is 0.466. The van der Waals surface area contributed by atoms with E-state index < -0.39 is 0 Å². The lowest BCUT2D eigenvalue weighted by molar-refractivity contribution is -0.123. The molecule has 1 aromatic heterocycles. The summed E-state index contributed by atoms with van der Waals surface area (Å²) in [5.41, 5.74) is 1.28. The summed E-state index contributed by atoms with van der Waals surface area (Å²) in [5, 5.41) is 11.7. The van der Waals surface area contributed by atoms with Gasteiger partial charge in [-0.05, 0) is 42.2 Å². The monoisotopic (exact) mass is 491 g/mol. The number of hydrogen-bond donors (Lipinski definition) is 1. The predicted octanol–water partition coefficient (Wildman–Crippen LogP) is 2.48. The molecule has 2 aliphatic heterocycles. The van der Waals surface area contributed by atoms with Gasteiger partial charge in [0.25, 0.3) is 5.91 Å². The highest BCUT2D eigenvalue weighted by molar-refractivity contribution is 5.77. The molecular weight excluding hydrogens is 458 g/mol. The molecule has 3 aromatic rings. The normalized spacial score (nSPS) is 15.7. The van der Waals surface area contributed by atoms with E-state index >= 15 is 0 Å². The van der Waals surface area contributed by atoms with Crippen molar-refractivity contribution in [3.8, 4) is 17.2 Å². The highest BCUT2D eigenvalue weighted by Crippen LogP contribution is 2.33. The fourth-order valence-electron chi connectivity index (χ4n) is 4.80. The first-order chi connectivity index (χ1) is 17.6. The van der Waals surface area contributed by atoms with Gasteiger partial charge in [0.2, 0.25) is 6.79 Å². The first-order valence-corrected chi connectivity index (χ1v) is 12.6. The molecule has 0 bridgehead atoms. The minimum Gasteiger partial charge on any atom is -0.484 e. The van der Waals surface area contributed by atoms with Gasteiger partial charge in [-0.2, -0.15) is 0 Å². The fourth-order valence-corrected chi connectivity index (χ4v) is 4.80. The summed E-state index contributed by atoms with van der Waals surface area (Å²) in [6, 6.07) is 15.6. The number of fused-ring (bicyclic) bond motifs is 2. The molecule has 1 N–H and O–H groups in total. The molecule has 0 saturated carbocycles. The zero-order valence-corrected chi connectivity index (χ0v) is 20.7. The summed E-state index contributed by atoms with van der Waals surface area (Å²) in [7, 11) is 0. The number of benzene rings is 2. The van der Waals surface area contributed by atoms with Gasteiger partial charge in [0, 0.05) is 45.6 Å². The van der Waals surface area contributed by atoms with Crippen LogP contribution in [0.15, 0.2) is 48.5 Å². The van der Waals surface area contributed by atoms with Crippen molar-refractivity contribution in [2.45, 2.75) is 32.7 Å². The molecule has 5 rings (SSSR count). The van der Waals surface area contributed by atoms with Crippen molar-refractivity contribution in [3.63, 3.8) is 0 Å². The minimum absolute atomic E-state index is 0.00135. The van der Waals surface area contributed by atoms with Crippen LogP contribution in [0.5, 0.6) is 17.2 Å². The maximum absolute atomic E-state index is 12.1. The first-order valence-electron chi connectivity index (χ1n) is 12.6. The van der Waals surface area contributed by atoms with Crippen LogP contribution in [-0.4, -0.2) is 65.2 Å². The topological polar surface area (TPSA) is 90.7 Å². The molecule has 36 heavy (non-hydrogen) atoms. The fraction of sp³-hybridized carbons (Fsp3) is 0.444. The lowest BCUT2D eigenvalue weighted by Gasteiger charge is -2.24. The van der Waals surface area contributed by atoms with Crippen molar-refractivity contribution >= 4 is 5.91 Å². The van der Waals surface area contributed by atoms with Gasteiger partial charge >= 0.3 is 0 Å². The van der Waals surface area contributed by atoms with Crippen molar-refractivity contribution in [2.24, 2.45) is 5.92 Å². The number of aromatic nitrogens is 3. The van der Waals surface area contributed by atoms with Gasteiger partial charge in [0.05, 0.1) is 0 Å². The van der Waals surface area contributed by atoms with Crippen molar-refractivity contribution in [2.75, 3.05) is 39.6 Å². The Morgan fingerprint density at radius 2 is 1.94 bits per heavy atom. The summed E-state index contributed by atoms with van der Waals surface area (Å²) < 4.78 is 18.7.